The maximum absolute atomic E-state index is 4.92. The lowest BCUT2D eigenvalue weighted by atomic mass is 10.0. The maximum Gasteiger partial charge on any atom is 0.165 e. The molecule has 160 valence electrons. The van der Waals surface area contributed by atoms with Gasteiger partial charge < -0.3 is 10.3 Å². The molecule has 0 atom stereocenters. The summed E-state index contributed by atoms with van der Waals surface area (Å²) in [6.07, 6.45) is 11.6. The predicted molar refractivity (Wildman–Crippen MR) is 131 cm³/mol. The number of fused-ring (bicyclic) bond motifs is 2. The molecule has 1 aliphatic rings. The third-order valence-corrected chi connectivity index (χ3v) is 5.93. The molecule has 3 heterocycles. The zero-order valence-electron chi connectivity index (χ0n) is 18.0. The van der Waals surface area contributed by atoms with Crippen LogP contribution in [0.25, 0.3) is 39.5 Å². The number of nitrogens with one attached hydrogen (secondary N) is 2. The molecule has 0 bridgehead atoms. The van der Waals surface area contributed by atoms with Gasteiger partial charge in [0.15, 0.2) is 5.82 Å². The Bertz CT molecular complexity index is 1450. The number of allylic oxidation sites excluding steroid dienone is 1. The highest BCUT2D eigenvalue weighted by Crippen LogP contribution is 2.34. The van der Waals surface area contributed by atoms with Crippen molar-refractivity contribution in [3.8, 4) is 22.5 Å². The summed E-state index contributed by atoms with van der Waals surface area (Å²) in [4.78, 5) is 21.6. The first-order valence-electron chi connectivity index (χ1n) is 11.1. The van der Waals surface area contributed by atoms with Crippen molar-refractivity contribution < 1.29 is 0 Å². The van der Waals surface area contributed by atoms with Gasteiger partial charge in [-0.05, 0) is 47.7 Å². The number of aromatic nitrogens is 5. The molecule has 2 N–H and O–H groups in total. The van der Waals surface area contributed by atoms with E-state index in [9.17, 15) is 0 Å². The van der Waals surface area contributed by atoms with Crippen molar-refractivity contribution in [1.82, 2.24) is 24.9 Å². The second-order valence-electron chi connectivity index (χ2n) is 8.12. The monoisotopic (exact) mass is 430 g/mol. The van der Waals surface area contributed by atoms with Crippen molar-refractivity contribution in [2.75, 3.05) is 5.32 Å². The third kappa shape index (κ3) is 3.76. The van der Waals surface area contributed by atoms with Gasteiger partial charge in [-0.25, -0.2) is 19.9 Å². The van der Waals surface area contributed by atoms with Crippen LogP contribution >= 0.6 is 0 Å². The molecule has 6 nitrogen and oxygen atoms in total. The minimum Gasteiger partial charge on any atom is -0.364 e. The van der Waals surface area contributed by atoms with Crippen molar-refractivity contribution in [2.24, 2.45) is 0 Å². The summed E-state index contributed by atoms with van der Waals surface area (Å²) in [5, 5.41) is 4.59. The fourth-order valence-electron chi connectivity index (χ4n) is 4.36. The summed E-state index contributed by atoms with van der Waals surface area (Å²) in [5.41, 5.74) is 7.60. The highest BCUT2D eigenvalue weighted by Gasteiger charge is 2.15. The minimum absolute atomic E-state index is 0.601. The van der Waals surface area contributed by atoms with Crippen LogP contribution in [0.15, 0.2) is 79.4 Å². The van der Waals surface area contributed by atoms with Gasteiger partial charge in [0, 0.05) is 23.8 Å². The van der Waals surface area contributed by atoms with Crippen LogP contribution in [0.2, 0.25) is 0 Å². The fraction of sp³-hybridized carbons (Fsp3) is 0.111. The Kier molecular flexibility index (Phi) is 4.88. The number of aryl methyl sites for hydroxylation is 1. The molecule has 33 heavy (non-hydrogen) atoms. The molecule has 3 aromatic heterocycles. The van der Waals surface area contributed by atoms with Gasteiger partial charge >= 0.3 is 0 Å². The van der Waals surface area contributed by atoms with Crippen LogP contribution in [0.1, 0.15) is 23.4 Å². The zero-order valence-corrected chi connectivity index (χ0v) is 18.0. The molecule has 0 spiro atoms. The molecule has 6 rings (SSSR count). The topological polar surface area (TPSA) is 79.4 Å². The highest BCUT2D eigenvalue weighted by molar-refractivity contribution is 6.02. The van der Waals surface area contributed by atoms with Gasteiger partial charge in [-0.15, -0.1) is 0 Å². The molecule has 2 aromatic carbocycles. The van der Waals surface area contributed by atoms with E-state index in [4.69, 9.17) is 9.97 Å². The van der Waals surface area contributed by atoms with Crippen LogP contribution < -0.4 is 5.32 Å². The number of H-pyrrole nitrogens is 1. The maximum atomic E-state index is 4.92. The number of nitrogens with zero attached hydrogens (tertiary/aromatic N) is 4. The number of rotatable bonds is 5. The van der Waals surface area contributed by atoms with E-state index in [1.165, 1.54) is 17.6 Å². The number of hydrogen-bond acceptors (Lipinski definition) is 5. The van der Waals surface area contributed by atoms with Gasteiger partial charge in [0.25, 0.3) is 0 Å². The predicted octanol–water partition coefficient (Wildman–Crippen LogP) is 5.65. The van der Waals surface area contributed by atoms with Crippen LogP contribution in [0.3, 0.4) is 0 Å². The summed E-state index contributed by atoms with van der Waals surface area (Å²) in [5.74, 6) is 1.39. The van der Waals surface area contributed by atoms with Gasteiger partial charge in [0.1, 0.15) is 12.1 Å². The van der Waals surface area contributed by atoms with E-state index >= 15 is 0 Å². The molecule has 0 aliphatic heterocycles. The smallest absolute Gasteiger partial charge is 0.165 e. The first-order valence-corrected chi connectivity index (χ1v) is 11.1. The first-order chi connectivity index (χ1) is 16.3. The fourth-order valence-corrected chi connectivity index (χ4v) is 4.36. The molecule has 0 unspecified atom stereocenters. The second kappa shape index (κ2) is 8.31. The van der Waals surface area contributed by atoms with E-state index in [1.54, 1.807) is 12.4 Å². The van der Waals surface area contributed by atoms with Crippen molar-refractivity contribution in [2.45, 2.75) is 19.4 Å². The molecule has 0 saturated carbocycles. The highest BCUT2D eigenvalue weighted by atomic mass is 15.0. The standard InChI is InChI=1S/C27H22N6/c1-2-7-18(8-3-1)22-10-6-12-24-25(22)27(33-26(32-24)20-14-28-17-29-15-20)30-16-21-13-19-9-4-5-11-23(19)31-21/h1-3,5-8,10-15,17,31H,4,9,16H2,(H,30,32,33). The van der Waals surface area contributed by atoms with Crippen molar-refractivity contribution in [3.05, 3.63) is 96.3 Å². The number of anilines is 1. The minimum atomic E-state index is 0.601. The van der Waals surface area contributed by atoms with E-state index in [1.807, 2.05) is 18.2 Å². The third-order valence-electron chi connectivity index (χ3n) is 5.93. The Balaban J connectivity index is 1.47. The largest absolute Gasteiger partial charge is 0.364 e. The Morgan fingerprint density at radius 2 is 1.79 bits per heavy atom. The molecule has 0 radical (unpaired) electrons. The van der Waals surface area contributed by atoms with Gasteiger partial charge in [0.05, 0.1) is 23.0 Å². The Labute approximate surface area is 191 Å². The quantitative estimate of drug-likeness (QED) is 0.376. The normalized spacial score (nSPS) is 12.6. The molecular formula is C27H22N6. The van der Waals surface area contributed by atoms with E-state index in [-0.39, 0.29) is 0 Å². The van der Waals surface area contributed by atoms with Crippen molar-refractivity contribution >= 4 is 22.8 Å². The Morgan fingerprint density at radius 1 is 0.909 bits per heavy atom. The molecule has 0 amide bonds. The Morgan fingerprint density at radius 3 is 2.64 bits per heavy atom. The second-order valence-corrected chi connectivity index (χ2v) is 8.12. The van der Waals surface area contributed by atoms with Crippen LogP contribution in [0, 0.1) is 0 Å². The zero-order chi connectivity index (χ0) is 22.0. The Hall–Kier alpha value is -4.32. The van der Waals surface area contributed by atoms with Gasteiger partial charge in [-0.2, -0.15) is 0 Å². The van der Waals surface area contributed by atoms with Crippen LogP contribution in [0.5, 0.6) is 0 Å². The molecular weight excluding hydrogens is 408 g/mol. The lowest BCUT2D eigenvalue weighted by Gasteiger charge is -2.14. The number of aromatic amines is 1. The average Bonchev–Trinajstić information content (AvgIpc) is 3.31. The summed E-state index contributed by atoms with van der Waals surface area (Å²) in [7, 11) is 0. The summed E-state index contributed by atoms with van der Waals surface area (Å²) in [6, 6.07) is 18.8. The van der Waals surface area contributed by atoms with E-state index in [0.717, 1.165) is 51.9 Å². The molecule has 5 aromatic rings. The van der Waals surface area contributed by atoms with Crippen LogP contribution in [-0.2, 0) is 13.0 Å². The lowest BCUT2D eigenvalue weighted by molar-refractivity contribution is 0.985. The molecule has 0 fully saturated rings. The first kappa shape index (κ1) is 19.4. The van der Waals surface area contributed by atoms with Crippen molar-refractivity contribution in [3.63, 3.8) is 0 Å². The van der Waals surface area contributed by atoms with Gasteiger partial charge in [-0.1, -0.05) is 48.5 Å². The van der Waals surface area contributed by atoms with E-state index < -0.39 is 0 Å². The van der Waals surface area contributed by atoms with Crippen LogP contribution in [-0.4, -0.2) is 24.9 Å². The SMILES string of the molecule is C1=Cc2[nH]c(CNc3nc(-c4cncnc4)nc4cccc(-c5ccccc5)c34)cc2CC1. The van der Waals surface area contributed by atoms with E-state index in [0.29, 0.717) is 12.4 Å². The van der Waals surface area contributed by atoms with Gasteiger partial charge in [-0.3, -0.25) is 0 Å². The summed E-state index contributed by atoms with van der Waals surface area (Å²) < 4.78 is 0. The van der Waals surface area contributed by atoms with E-state index in [2.05, 4.69) is 68.8 Å². The number of hydrogen-bond donors (Lipinski definition) is 2. The van der Waals surface area contributed by atoms with Crippen molar-refractivity contribution in [1.29, 1.82) is 0 Å². The van der Waals surface area contributed by atoms with Gasteiger partial charge in [0.2, 0.25) is 0 Å². The molecule has 0 saturated heterocycles. The van der Waals surface area contributed by atoms with Crippen LogP contribution in [0.4, 0.5) is 5.82 Å². The average molecular weight is 431 g/mol. The molecule has 6 heteroatoms. The molecule has 1 aliphatic carbocycles. The number of benzene rings is 2. The lowest BCUT2D eigenvalue weighted by Crippen LogP contribution is -2.05. The summed E-state index contributed by atoms with van der Waals surface area (Å²) >= 11 is 0. The summed E-state index contributed by atoms with van der Waals surface area (Å²) in [6.45, 7) is 0.640.